The number of ether oxygens (including phenoxy) is 1. The lowest BCUT2D eigenvalue weighted by atomic mass is 9.90. The third kappa shape index (κ3) is 3.85. The number of aliphatic carboxylic acids is 1. The normalized spacial score (nSPS) is 29.6. The number of hydroxylamine groups is 4. The van der Waals surface area contributed by atoms with E-state index in [0.717, 1.165) is 11.1 Å². The fourth-order valence-corrected chi connectivity index (χ4v) is 7.65. The minimum atomic E-state index is -2.87. The van der Waals surface area contributed by atoms with Gasteiger partial charge in [-0.05, 0) is 61.4 Å². The van der Waals surface area contributed by atoms with E-state index in [9.17, 15) is 45.2 Å². The van der Waals surface area contributed by atoms with Gasteiger partial charge in [-0.15, -0.1) is 0 Å². The highest BCUT2D eigenvalue weighted by Crippen LogP contribution is 2.49. The summed E-state index contributed by atoms with van der Waals surface area (Å²) in [6.07, 6.45) is -0.665. The van der Waals surface area contributed by atoms with Crippen LogP contribution in [-0.4, -0.2) is 104 Å². The third-order valence-corrected chi connectivity index (χ3v) is 10.2. The van der Waals surface area contributed by atoms with Crippen molar-refractivity contribution in [3.63, 3.8) is 0 Å². The van der Waals surface area contributed by atoms with Crippen molar-refractivity contribution in [1.82, 2.24) is 24.2 Å². The van der Waals surface area contributed by atoms with Gasteiger partial charge in [0.25, 0.3) is 17.5 Å². The average Bonchev–Trinajstić information content (AvgIpc) is 3.97. The fourth-order valence-electron chi connectivity index (χ4n) is 7.65. The van der Waals surface area contributed by atoms with Crippen LogP contribution in [0.5, 0.6) is 0 Å². The van der Waals surface area contributed by atoms with Crippen LogP contribution in [0.25, 0.3) is 22.1 Å². The zero-order valence-corrected chi connectivity index (χ0v) is 25.2. The minimum absolute atomic E-state index is 0.0386. The number of hydrogen-bond acceptors (Lipinski definition) is 12. The maximum atomic E-state index is 14.1. The van der Waals surface area contributed by atoms with Crippen molar-refractivity contribution >= 4 is 39.9 Å². The Morgan fingerprint density at radius 1 is 0.729 bits per heavy atom. The second-order valence-corrected chi connectivity index (χ2v) is 12.5. The second-order valence-electron chi connectivity index (χ2n) is 12.5. The molecule has 0 saturated carbocycles. The zero-order chi connectivity index (χ0) is 33.7. The second kappa shape index (κ2) is 10.3. The van der Waals surface area contributed by atoms with Gasteiger partial charge < -0.3 is 35.6 Å². The van der Waals surface area contributed by atoms with Crippen LogP contribution in [0.1, 0.15) is 28.0 Å². The van der Waals surface area contributed by atoms with Crippen molar-refractivity contribution in [1.29, 1.82) is 0 Å². The Morgan fingerprint density at radius 3 is 1.73 bits per heavy atom. The molecule has 15 nitrogen and oxygen atoms in total. The molecular formula is C33H31N5O10. The van der Waals surface area contributed by atoms with Crippen molar-refractivity contribution in [2.45, 2.75) is 36.2 Å². The summed E-state index contributed by atoms with van der Waals surface area (Å²) in [6, 6.07) is 20.7. The first-order valence-corrected chi connectivity index (χ1v) is 15.4. The molecule has 0 spiro atoms. The number of nitrogens with zero attached hydrogens (tertiary/aromatic N) is 5. The number of carboxylic acid groups (broad SMARTS) is 1. The molecule has 2 fully saturated rings. The van der Waals surface area contributed by atoms with Gasteiger partial charge in [0.05, 0.1) is 11.8 Å². The van der Waals surface area contributed by atoms with E-state index in [2.05, 4.69) is 0 Å². The van der Waals surface area contributed by atoms with E-state index in [-0.39, 0.29) is 37.3 Å². The Balaban J connectivity index is 1.25. The smallest absolute Gasteiger partial charge is 0.362 e. The van der Waals surface area contributed by atoms with Gasteiger partial charge in [-0.25, -0.2) is 4.79 Å². The van der Waals surface area contributed by atoms with Crippen LogP contribution in [-0.2, 0) is 15.3 Å². The van der Waals surface area contributed by atoms with Crippen LogP contribution in [0.3, 0.4) is 0 Å². The molecule has 4 bridgehead atoms. The van der Waals surface area contributed by atoms with E-state index in [0.29, 0.717) is 32.2 Å². The molecule has 4 aromatic heterocycles. The van der Waals surface area contributed by atoms with Gasteiger partial charge in [-0.3, -0.25) is 23.6 Å². The predicted molar refractivity (Wildman–Crippen MR) is 163 cm³/mol. The Labute approximate surface area is 271 Å². The van der Waals surface area contributed by atoms with E-state index in [4.69, 9.17) is 4.74 Å². The molecule has 1 aromatic carbocycles. The summed E-state index contributed by atoms with van der Waals surface area (Å²) in [5.74, 6) is -6.45. The summed E-state index contributed by atoms with van der Waals surface area (Å²) in [4.78, 5) is 42.0. The van der Waals surface area contributed by atoms with Crippen molar-refractivity contribution in [2.24, 2.45) is 11.8 Å². The van der Waals surface area contributed by atoms with Crippen LogP contribution in [0.15, 0.2) is 90.8 Å². The molecule has 0 aliphatic carbocycles. The van der Waals surface area contributed by atoms with E-state index >= 15 is 0 Å². The Morgan fingerprint density at radius 2 is 1.21 bits per heavy atom. The number of hydrogen-bond donors (Lipinski definition) is 6. The van der Waals surface area contributed by atoms with Gasteiger partial charge in [0.2, 0.25) is 11.4 Å². The molecule has 7 heterocycles. The monoisotopic (exact) mass is 657 g/mol. The van der Waals surface area contributed by atoms with Crippen molar-refractivity contribution in [3.05, 3.63) is 96.4 Å². The molecule has 248 valence electrons. The largest absolute Gasteiger partial charge is 0.477 e. The minimum Gasteiger partial charge on any atom is -0.477 e. The van der Waals surface area contributed by atoms with E-state index in [1.54, 1.807) is 54.6 Å². The van der Waals surface area contributed by atoms with Crippen LogP contribution < -0.4 is 0 Å². The molecule has 15 heteroatoms. The van der Waals surface area contributed by atoms with Gasteiger partial charge in [-0.1, -0.05) is 30.3 Å². The van der Waals surface area contributed by atoms with Crippen LogP contribution >= 0.6 is 0 Å². The van der Waals surface area contributed by atoms with E-state index in [1.807, 2.05) is 0 Å². The topological polar surface area (TPSA) is 201 Å². The van der Waals surface area contributed by atoms with Crippen LogP contribution in [0, 0.1) is 11.8 Å². The van der Waals surface area contributed by atoms with Gasteiger partial charge in [0.1, 0.15) is 5.76 Å². The Hall–Kier alpha value is -4.87. The summed E-state index contributed by atoms with van der Waals surface area (Å²) in [6.45, 7) is -0.406. The number of aromatic nitrogens is 2. The lowest BCUT2D eigenvalue weighted by Crippen LogP contribution is -2.62. The molecule has 48 heavy (non-hydrogen) atoms. The van der Waals surface area contributed by atoms with E-state index < -0.39 is 53.0 Å². The summed E-state index contributed by atoms with van der Waals surface area (Å²) in [5, 5.41) is 69.7. The van der Waals surface area contributed by atoms with Crippen LogP contribution in [0.4, 0.5) is 0 Å². The molecule has 6 N–H and O–H groups in total. The highest BCUT2D eigenvalue weighted by molar-refractivity contribution is 5.98. The molecule has 6 atom stereocenters. The number of carbonyl (C=O) groups is 3. The molecule has 8 rings (SSSR count). The quantitative estimate of drug-likeness (QED) is 0.148. The van der Waals surface area contributed by atoms with Gasteiger partial charge in [-0.2, -0.15) is 10.1 Å². The molecular weight excluding hydrogens is 626 g/mol. The molecule has 2 saturated heterocycles. The van der Waals surface area contributed by atoms with Crippen molar-refractivity contribution in [2.75, 3.05) is 13.1 Å². The zero-order valence-electron chi connectivity index (χ0n) is 25.2. The first-order chi connectivity index (χ1) is 22.9. The van der Waals surface area contributed by atoms with Gasteiger partial charge in [0.15, 0.2) is 6.23 Å². The summed E-state index contributed by atoms with van der Waals surface area (Å²) >= 11 is 0. The maximum Gasteiger partial charge on any atom is 0.362 e. The first-order valence-electron chi connectivity index (χ1n) is 15.4. The Kier molecular flexibility index (Phi) is 6.55. The molecule has 0 amide bonds. The lowest BCUT2D eigenvalue weighted by Gasteiger charge is -2.42. The first kappa shape index (κ1) is 30.5. The molecule has 5 aromatic rings. The van der Waals surface area contributed by atoms with Crippen molar-refractivity contribution in [3.8, 4) is 0 Å². The average molecular weight is 658 g/mol. The third-order valence-electron chi connectivity index (χ3n) is 10.2. The SMILES string of the molecule is O=C(O)C(O)(c1ccccc1)N1C=C(C2CCN(O)[C@@]2(O)C(=O)n2c3ccc2cc3)OC1C1CCN(O)[C@@]1(O)C(=O)n1c2ccc1cc2. The maximum absolute atomic E-state index is 14.1. The Bertz CT molecular complexity index is 1980. The lowest BCUT2D eigenvalue weighted by molar-refractivity contribution is -0.254. The molecule has 0 radical (unpaired) electrons. The summed E-state index contributed by atoms with van der Waals surface area (Å²) in [5.41, 5.74) is -6.40. The van der Waals surface area contributed by atoms with Gasteiger partial charge >= 0.3 is 5.97 Å². The van der Waals surface area contributed by atoms with Gasteiger partial charge in [0, 0.05) is 46.9 Å². The summed E-state index contributed by atoms with van der Waals surface area (Å²) < 4.78 is 8.81. The van der Waals surface area contributed by atoms with Crippen molar-refractivity contribution < 1.29 is 50.0 Å². The summed E-state index contributed by atoms with van der Waals surface area (Å²) in [7, 11) is 0. The molecule has 3 aliphatic heterocycles. The number of fused-ring (bicyclic) bond motifs is 4. The number of rotatable bonds is 7. The number of benzene rings is 3. The number of carbonyl (C=O) groups excluding carboxylic acids is 2. The highest BCUT2D eigenvalue weighted by atomic mass is 16.6. The number of carboxylic acids is 1. The van der Waals surface area contributed by atoms with Crippen LogP contribution in [0.2, 0.25) is 0 Å². The standard InChI is InChI=1S/C33H31N5O10/c39-28(37-20-6-7-21(37)9-8-20)32(44)24(14-16-35(32)46)26-18-34(31(43,30(41)42)19-4-2-1-3-5-19)27(48-26)25-15-17-36(47)33(25,45)29(40)38-22-10-11-23(38)13-12-22/h1-13,18,24-25,27,43-47H,14-17H2,(H,41,42)/t24?,25?,27?,31?,32-,33-/m0/s1. The highest BCUT2D eigenvalue weighted by Gasteiger charge is 2.65. The van der Waals surface area contributed by atoms with E-state index in [1.165, 1.54) is 33.4 Å². The molecule has 3 aliphatic rings. The predicted octanol–water partition coefficient (Wildman–Crippen LogP) is 1.68. The number of aliphatic hydroxyl groups is 3. The molecule has 4 unspecified atom stereocenters. The fraction of sp³-hybridized carbons (Fsp3) is 0.303.